The molecule has 1 fully saturated rings. The lowest BCUT2D eigenvalue weighted by Gasteiger charge is -2.20. The van der Waals surface area contributed by atoms with Crippen LogP contribution in [0.2, 0.25) is 0 Å². The number of nitrogens with one attached hydrogen (secondary N) is 2. The van der Waals surface area contributed by atoms with E-state index in [1.807, 2.05) is 0 Å². The number of nitrogens with zero attached hydrogens (tertiary/aromatic N) is 1. The summed E-state index contributed by atoms with van der Waals surface area (Å²) in [6, 6.07) is 11.0. The summed E-state index contributed by atoms with van der Waals surface area (Å²) in [4.78, 5) is 24.9. The van der Waals surface area contributed by atoms with Gasteiger partial charge in [-0.1, -0.05) is 12.8 Å². The summed E-state index contributed by atoms with van der Waals surface area (Å²) in [6.07, 6.45) is 3.89. The molecule has 3 rings (SSSR count). The highest BCUT2D eigenvalue weighted by Crippen LogP contribution is 2.23. The number of sulfonamides is 1. The Hall–Kier alpha value is -3.11. The van der Waals surface area contributed by atoms with E-state index < -0.39 is 10.0 Å². The molecule has 1 heterocycles. The van der Waals surface area contributed by atoms with Gasteiger partial charge in [-0.15, -0.1) is 0 Å². The van der Waals surface area contributed by atoms with Gasteiger partial charge in [0.15, 0.2) is 0 Å². The van der Waals surface area contributed by atoms with Crippen molar-refractivity contribution in [1.29, 1.82) is 0 Å². The van der Waals surface area contributed by atoms with Crippen molar-refractivity contribution < 1.29 is 27.5 Å². The Morgan fingerprint density at radius 3 is 2.06 bits per heavy atom. The zero-order chi connectivity index (χ0) is 24.6. The number of benzene rings is 2. The standard InChI is InChI=1S/C24H31N3O6S/c1-32-20-15-18(16-21(17-20)33-2)24(29)25-12-11-23(28)26-19-7-9-22(10-8-19)34(30,31)27-13-5-3-4-6-14-27/h7-10,15-17H,3-6,11-14H2,1-2H3,(H,25,29)(H,26,28). The monoisotopic (exact) mass is 489 g/mol. The molecule has 2 N–H and O–H groups in total. The fourth-order valence-corrected chi connectivity index (χ4v) is 5.21. The molecule has 0 atom stereocenters. The van der Waals surface area contributed by atoms with Crippen LogP contribution in [-0.4, -0.2) is 58.4 Å². The summed E-state index contributed by atoms with van der Waals surface area (Å²) >= 11 is 0. The van der Waals surface area contributed by atoms with Gasteiger partial charge in [-0.2, -0.15) is 4.31 Å². The van der Waals surface area contributed by atoms with Crippen LogP contribution in [0.5, 0.6) is 11.5 Å². The van der Waals surface area contributed by atoms with Gasteiger partial charge in [-0.05, 0) is 49.2 Å². The van der Waals surface area contributed by atoms with E-state index in [0.29, 0.717) is 35.8 Å². The Bertz CT molecular complexity index is 1070. The van der Waals surface area contributed by atoms with Gasteiger partial charge < -0.3 is 20.1 Å². The predicted octanol–water partition coefficient (Wildman–Crippen LogP) is 3.03. The number of rotatable bonds is 9. The van der Waals surface area contributed by atoms with Crippen molar-refractivity contribution in [2.75, 3.05) is 39.2 Å². The van der Waals surface area contributed by atoms with E-state index in [2.05, 4.69) is 10.6 Å². The molecule has 0 bridgehead atoms. The average Bonchev–Trinajstić information content (AvgIpc) is 3.14. The minimum absolute atomic E-state index is 0.0562. The van der Waals surface area contributed by atoms with E-state index >= 15 is 0 Å². The summed E-state index contributed by atoms with van der Waals surface area (Å²) in [5, 5.41) is 5.41. The van der Waals surface area contributed by atoms with E-state index in [4.69, 9.17) is 9.47 Å². The fraction of sp³-hybridized carbons (Fsp3) is 0.417. The third-order valence-corrected chi connectivity index (χ3v) is 7.51. The Balaban J connectivity index is 1.51. The molecule has 10 heteroatoms. The Labute approximate surface area is 200 Å². The third kappa shape index (κ3) is 6.71. The molecule has 0 saturated carbocycles. The predicted molar refractivity (Wildman–Crippen MR) is 129 cm³/mol. The van der Waals surface area contributed by atoms with Crippen LogP contribution in [0.1, 0.15) is 42.5 Å². The highest BCUT2D eigenvalue weighted by molar-refractivity contribution is 7.89. The Morgan fingerprint density at radius 1 is 0.912 bits per heavy atom. The van der Waals surface area contributed by atoms with E-state index in [-0.39, 0.29) is 29.7 Å². The molecule has 0 aromatic heterocycles. The summed E-state index contributed by atoms with van der Waals surface area (Å²) < 4.78 is 37.6. The van der Waals surface area contributed by atoms with Crippen molar-refractivity contribution in [3.8, 4) is 11.5 Å². The first-order chi connectivity index (χ1) is 16.3. The summed E-state index contributed by atoms with van der Waals surface area (Å²) in [5.41, 5.74) is 0.849. The smallest absolute Gasteiger partial charge is 0.251 e. The first kappa shape index (κ1) is 25.5. The van der Waals surface area contributed by atoms with E-state index in [1.54, 1.807) is 30.3 Å². The van der Waals surface area contributed by atoms with Crippen molar-refractivity contribution in [3.63, 3.8) is 0 Å². The molecule has 1 aliphatic rings. The lowest BCUT2D eigenvalue weighted by molar-refractivity contribution is -0.116. The molecule has 2 aromatic carbocycles. The van der Waals surface area contributed by atoms with Crippen LogP contribution in [-0.2, 0) is 14.8 Å². The van der Waals surface area contributed by atoms with Crippen molar-refractivity contribution >= 4 is 27.5 Å². The third-order valence-electron chi connectivity index (χ3n) is 5.59. The molecule has 184 valence electrons. The molecule has 2 aromatic rings. The fourth-order valence-electron chi connectivity index (χ4n) is 3.69. The summed E-state index contributed by atoms with van der Waals surface area (Å²) in [5.74, 6) is 0.326. The number of carbonyl (C=O) groups excluding carboxylic acids is 2. The number of methoxy groups -OCH3 is 2. The van der Waals surface area contributed by atoms with Crippen LogP contribution < -0.4 is 20.1 Å². The zero-order valence-electron chi connectivity index (χ0n) is 19.5. The SMILES string of the molecule is COc1cc(OC)cc(C(=O)NCCC(=O)Nc2ccc(S(=O)(=O)N3CCCCCC3)cc2)c1. The molecule has 1 aliphatic heterocycles. The molecule has 0 spiro atoms. The second kappa shape index (κ2) is 11.8. The Kier molecular flexibility index (Phi) is 8.89. The van der Waals surface area contributed by atoms with Crippen LogP contribution >= 0.6 is 0 Å². The van der Waals surface area contributed by atoms with Gasteiger partial charge in [-0.25, -0.2) is 8.42 Å². The largest absolute Gasteiger partial charge is 0.497 e. The minimum atomic E-state index is -3.54. The summed E-state index contributed by atoms with van der Waals surface area (Å²) in [7, 11) is -0.540. The molecule has 0 unspecified atom stereocenters. The lowest BCUT2D eigenvalue weighted by atomic mass is 10.2. The number of carbonyl (C=O) groups is 2. The molecule has 9 nitrogen and oxygen atoms in total. The number of anilines is 1. The van der Waals surface area contributed by atoms with Crippen molar-refractivity contribution in [1.82, 2.24) is 9.62 Å². The van der Waals surface area contributed by atoms with Crippen molar-refractivity contribution in [2.24, 2.45) is 0 Å². The molecule has 0 radical (unpaired) electrons. The van der Waals surface area contributed by atoms with E-state index in [9.17, 15) is 18.0 Å². The van der Waals surface area contributed by atoms with E-state index in [1.165, 1.54) is 30.7 Å². The molecule has 2 amide bonds. The lowest BCUT2D eigenvalue weighted by Crippen LogP contribution is -2.31. The van der Waals surface area contributed by atoms with E-state index in [0.717, 1.165) is 25.7 Å². The quantitative estimate of drug-likeness (QED) is 0.560. The topological polar surface area (TPSA) is 114 Å². The maximum absolute atomic E-state index is 12.9. The van der Waals surface area contributed by atoms with Crippen molar-refractivity contribution in [2.45, 2.75) is 37.0 Å². The molecule has 34 heavy (non-hydrogen) atoms. The second-order valence-electron chi connectivity index (χ2n) is 8.00. The van der Waals surface area contributed by atoms with Gasteiger partial charge in [0.25, 0.3) is 5.91 Å². The zero-order valence-corrected chi connectivity index (χ0v) is 20.3. The molecular formula is C24H31N3O6S. The second-order valence-corrected chi connectivity index (χ2v) is 9.94. The normalized spacial score (nSPS) is 14.6. The highest BCUT2D eigenvalue weighted by atomic mass is 32.2. The highest BCUT2D eigenvalue weighted by Gasteiger charge is 2.25. The van der Waals surface area contributed by atoms with Gasteiger partial charge >= 0.3 is 0 Å². The van der Waals surface area contributed by atoms with Crippen LogP contribution in [0.4, 0.5) is 5.69 Å². The van der Waals surface area contributed by atoms with Gasteiger partial charge in [-0.3, -0.25) is 9.59 Å². The number of hydrogen-bond acceptors (Lipinski definition) is 6. The molecular weight excluding hydrogens is 458 g/mol. The maximum atomic E-state index is 12.9. The van der Waals surface area contributed by atoms with Crippen LogP contribution in [0.3, 0.4) is 0 Å². The molecule has 0 aliphatic carbocycles. The number of amides is 2. The van der Waals surface area contributed by atoms with Gasteiger partial charge in [0.1, 0.15) is 11.5 Å². The first-order valence-electron chi connectivity index (χ1n) is 11.2. The molecule has 1 saturated heterocycles. The number of ether oxygens (including phenoxy) is 2. The van der Waals surface area contributed by atoms with Crippen LogP contribution in [0, 0.1) is 0 Å². The maximum Gasteiger partial charge on any atom is 0.251 e. The van der Waals surface area contributed by atoms with Crippen LogP contribution in [0.15, 0.2) is 47.4 Å². The first-order valence-corrected chi connectivity index (χ1v) is 12.7. The average molecular weight is 490 g/mol. The van der Waals surface area contributed by atoms with Gasteiger partial charge in [0, 0.05) is 43.4 Å². The van der Waals surface area contributed by atoms with Gasteiger partial charge in [0.05, 0.1) is 19.1 Å². The van der Waals surface area contributed by atoms with Crippen molar-refractivity contribution in [3.05, 3.63) is 48.0 Å². The number of hydrogen-bond donors (Lipinski definition) is 2. The Morgan fingerprint density at radius 2 is 1.50 bits per heavy atom. The van der Waals surface area contributed by atoms with Crippen LogP contribution in [0.25, 0.3) is 0 Å². The van der Waals surface area contributed by atoms with Gasteiger partial charge in [0.2, 0.25) is 15.9 Å². The minimum Gasteiger partial charge on any atom is -0.497 e. The summed E-state index contributed by atoms with van der Waals surface area (Å²) in [6.45, 7) is 1.20.